The second-order valence-electron chi connectivity index (χ2n) is 2.49. The number of nitrogens with zero attached hydrogens (tertiary/aromatic N) is 3. The van der Waals surface area contributed by atoms with Crippen molar-refractivity contribution in [2.24, 2.45) is 0 Å². The van der Waals surface area contributed by atoms with Crippen LogP contribution < -0.4 is 5.32 Å². The van der Waals surface area contributed by atoms with Gasteiger partial charge in [-0.25, -0.2) is 15.0 Å². The van der Waals surface area contributed by atoms with Crippen molar-refractivity contribution in [3.05, 3.63) is 22.8 Å². The van der Waals surface area contributed by atoms with E-state index >= 15 is 0 Å². The predicted molar refractivity (Wildman–Crippen MR) is 57.7 cm³/mol. The van der Waals surface area contributed by atoms with E-state index in [-0.39, 0.29) is 0 Å². The van der Waals surface area contributed by atoms with Gasteiger partial charge >= 0.3 is 0 Å². The molecular formula is C8H7ClN4S. The second kappa shape index (κ2) is 3.89. The molecule has 0 spiro atoms. The topological polar surface area (TPSA) is 50.7 Å². The van der Waals surface area contributed by atoms with Crippen LogP contribution in [0.4, 0.5) is 5.82 Å². The van der Waals surface area contributed by atoms with Crippen LogP contribution in [-0.4, -0.2) is 22.0 Å². The Morgan fingerprint density at radius 2 is 2.29 bits per heavy atom. The minimum atomic E-state index is 0.591. The van der Waals surface area contributed by atoms with Crippen LogP contribution in [0.3, 0.4) is 0 Å². The first-order valence-corrected chi connectivity index (χ1v) is 5.11. The molecule has 6 heteroatoms. The molecule has 0 fully saturated rings. The summed E-state index contributed by atoms with van der Waals surface area (Å²) in [6.07, 6.45) is 3.28. The van der Waals surface area contributed by atoms with Gasteiger partial charge in [-0.1, -0.05) is 22.9 Å². The van der Waals surface area contributed by atoms with Gasteiger partial charge in [0.05, 0.1) is 6.20 Å². The molecule has 0 radical (unpaired) electrons. The van der Waals surface area contributed by atoms with Crippen molar-refractivity contribution in [2.45, 2.75) is 0 Å². The van der Waals surface area contributed by atoms with Gasteiger partial charge in [-0.3, -0.25) is 0 Å². The number of nitrogens with one attached hydrogen (secondary N) is 1. The Morgan fingerprint density at radius 1 is 1.43 bits per heavy atom. The molecule has 1 N–H and O–H groups in total. The molecule has 0 aromatic carbocycles. The van der Waals surface area contributed by atoms with E-state index in [1.54, 1.807) is 25.5 Å². The Bertz CT molecular complexity index is 442. The smallest absolute Gasteiger partial charge is 0.190 e. The molecule has 2 rings (SSSR count). The van der Waals surface area contributed by atoms with Crippen molar-refractivity contribution in [1.29, 1.82) is 0 Å². The number of thiazole rings is 1. The first-order chi connectivity index (χ1) is 6.79. The van der Waals surface area contributed by atoms with Crippen LogP contribution in [0, 0.1) is 0 Å². The first kappa shape index (κ1) is 9.36. The van der Waals surface area contributed by atoms with Crippen LogP contribution in [0.2, 0.25) is 4.34 Å². The average molecular weight is 227 g/mol. The minimum absolute atomic E-state index is 0.591. The van der Waals surface area contributed by atoms with Gasteiger partial charge in [-0.2, -0.15) is 0 Å². The zero-order valence-electron chi connectivity index (χ0n) is 7.36. The van der Waals surface area contributed by atoms with Gasteiger partial charge in [0.1, 0.15) is 10.2 Å². The Hall–Kier alpha value is -1.20. The van der Waals surface area contributed by atoms with Gasteiger partial charge in [0.2, 0.25) is 0 Å². The fraction of sp³-hybridized carbons (Fsp3) is 0.125. The monoisotopic (exact) mass is 226 g/mol. The van der Waals surface area contributed by atoms with Crippen molar-refractivity contribution in [3.8, 4) is 10.8 Å². The molecule has 0 unspecified atom stereocenters. The fourth-order valence-electron chi connectivity index (χ4n) is 0.959. The van der Waals surface area contributed by atoms with Gasteiger partial charge in [0.25, 0.3) is 0 Å². The van der Waals surface area contributed by atoms with E-state index in [1.165, 1.54) is 11.3 Å². The van der Waals surface area contributed by atoms with Crippen LogP contribution in [0.15, 0.2) is 18.5 Å². The maximum absolute atomic E-state index is 5.77. The molecule has 0 aliphatic rings. The van der Waals surface area contributed by atoms with E-state index in [0.717, 1.165) is 10.8 Å². The van der Waals surface area contributed by atoms with E-state index in [9.17, 15) is 0 Å². The summed E-state index contributed by atoms with van der Waals surface area (Å²) in [5, 5.41) is 3.67. The van der Waals surface area contributed by atoms with E-state index in [1.807, 2.05) is 0 Å². The number of hydrogen-bond acceptors (Lipinski definition) is 5. The van der Waals surface area contributed by atoms with E-state index in [2.05, 4.69) is 20.3 Å². The average Bonchev–Trinajstić information content (AvgIpc) is 2.65. The number of aromatic nitrogens is 3. The highest BCUT2D eigenvalue weighted by molar-refractivity contribution is 7.18. The standard InChI is InChI=1S/C8H7ClN4S/c1-10-6-2-3-11-7(13-6)8-12-4-5(9)14-8/h2-4H,1H3,(H,10,11,13). The molecule has 0 aliphatic heterocycles. The Labute approximate surface area is 90.0 Å². The van der Waals surface area contributed by atoms with Crippen molar-refractivity contribution < 1.29 is 0 Å². The number of anilines is 1. The van der Waals surface area contributed by atoms with Crippen molar-refractivity contribution >= 4 is 28.8 Å². The van der Waals surface area contributed by atoms with Crippen LogP contribution in [-0.2, 0) is 0 Å². The lowest BCUT2D eigenvalue weighted by atomic mass is 10.5. The Balaban J connectivity index is 2.41. The summed E-state index contributed by atoms with van der Waals surface area (Å²) in [6.45, 7) is 0. The molecule has 0 aliphatic carbocycles. The Kier molecular flexibility index (Phi) is 2.60. The third kappa shape index (κ3) is 1.83. The van der Waals surface area contributed by atoms with E-state index in [0.29, 0.717) is 10.2 Å². The number of rotatable bonds is 2. The molecule has 0 atom stereocenters. The summed E-state index contributed by atoms with van der Waals surface area (Å²) in [7, 11) is 1.81. The molecule has 2 heterocycles. The summed E-state index contributed by atoms with van der Waals surface area (Å²) in [6, 6.07) is 1.79. The zero-order chi connectivity index (χ0) is 9.97. The molecular weight excluding hydrogens is 220 g/mol. The molecule has 2 aromatic heterocycles. The lowest BCUT2D eigenvalue weighted by molar-refractivity contribution is 1.15. The van der Waals surface area contributed by atoms with Gasteiger partial charge in [0, 0.05) is 13.2 Å². The van der Waals surface area contributed by atoms with Crippen LogP contribution in [0.1, 0.15) is 0 Å². The highest BCUT2D eigenvalue weighted by atomic mass is 35.5. The molecule has 0 amide bonds. The number of halogens is 1. The fourth-order valence-corrected chi connectivity index (χ4v) is 1.81. The third-order valence-corrected chi connectivity index (χ3v) is 2.69. The molecule has 0 saturated carbocycles. The summed E-state index contributed by atoms with van der Waals surface area (Å²) in [4.78, 5) is 12.4. The lowest BCUT2D eigenvalue weighted by Gasteiger charge is -1.98. The summed E-state index contributed by atoms with van der Waals surface area (Å²) < 4.78 is 0.637. The molecule has 0 saturated heterocycles. The van der Waals surface area contributed by atoms with E-state index in [4.69, 9.17) is 11.6 Å². The largest absolute Gasteiger partial charge is 0.373 e. The van der Waals surface area contributed by atoms with E-state index < -0.39 is 0 Å². The third-order valence-electron chi connectivity index (χ3n) is 1.58. The second-order valence-corrected chi connectivity index (χ2v) is 4.15. The summed E-state index contributed by atoms with van der Waals surface area (Å²) in [5.74, 6) is 1.36. The maximum Gasteiger partial charge on any atom is 0.190 e. The van der Waals surface area contributed by atoms with Gasteiger partial charge in [-0.15, -0.1) is 0 Å². The summed E-state index contributed by atoms with van der Waals surface area (Å²) >= 11 is 7.13. The van der Waals surface area contributed by atoms with Crippen molar-refractivity contribution in [2.75, 3.05) is 12.4 Å². The van der Waals surface area contributed by atoms with Crippen LogP contribution in [0.25, 0.3) is 10.8 Å². The molecule has 2 aromatic rings. The maximum atomic E-state index is 5.77. The van der Waals surface area contributed by atoms with Gasteiger partial charge < -0.3 is 5.32 Å². The molecule has 4 nitrogen and oxygen atoms in total. The highest BCUT2D eigenvalue weighted by Crippen LogP contribution is 2.25. The zero-order valence-corrected chi connectivity index (χ0v) is 8.93. The molecule has 72 valence electrons. The Morgan fingerprint density at radius 3 is 2.93 bits per heavy atom. The normalized spacial score (nSPS) is 10.1. The molecule has 0 bridgehead atoms. The van der Waals surface area contributed by atoms with Crippen molar-refractivity contribution in [3.63, 3.8) is 0 Å². The van der Waals surface area contributed by atoms with Crippen LogP contribution >= 0.6 is 22.9 Å². The summed E-state index contributed by atoms with van der Waals surface area (Å²) in [5.41, 5.74) is 0. The lowest BCUT2D eigenvalue weighted by Crippen LogP contribution is -1.95. The quantitative estimate of drug-likeness (QED) is 0.854. The van der Waals surface area contributed by atoms with Crippen molar-refractivity contribution in [1.82, 2.24) is 15.0 Å². The number of hydrogen-bond donors (Lipinski definition) is 1. The predicted octanol–water partition coefficient (Wildman–Crippen LogP) is 2.30. The minimum Gasteiger partial charge on any atom is -0.373 e. The van der Waals surface area contributed by atoms with Gasteiger partial charge in [0.15, 0.2) is 10.8 Å². The van der Waals surface area contributed by atoms with Crippen LogP contribution in [0.5, 0.6) is 0 Å². The van der Waals surface area contributed by atoms with Gasteiger partial charge in [-0.05, 0) is 6.07 Å². The highest BCUT2D eigenvalue weighted by Gasteiger charge is 2.06. The molecule has 14 heavy (non-hydrogen) atoms. The SMILES string of the molecule is CNc1ccnc(-c2ncc(Cl)s2)n1. The first-order valence-electron chi connectivity index (χ1n) is 3.92.